The maximum Gasteiger partial charge on any atom is 0.328 e. The predicted octanol–water partition coefficient (Wildman–Crippen LogP) is 3.37. The zero-order valence-electron chi connectivity index (χ0n) is 13.9. The first-order valence-electron chi connectivity index (χ1n) is 7.81. The summed E-state index contributed by atoms with van der Waals surface area (Å²) < 4.78 is 4.97. The van der Waals surface area contributed by atoms with E-state index in [1.54, 1.807) is 24.4 Å². The molecule has 0 aromatic heterocycles. The van der Waals surface area contributed by atoms with Gasteiger partial charge in [0.15, 0.2) is 0 Å². The minimum Gasteiger partial charge on any atom is -0.478 e. The van der Waals surface area contributed by atoms with Gasteiger partial charge in [-0.25, -0.2) is 4.79 Å². The van der Waals surface area contributed by atoms with E-state index in [2.05, 4.69) is 4.99 Å². The number of hydrogen-bond acceptors (Lipinski definition) is 4. The van der Waals surface area contributed by atoms with Gasteiger partial charge in [-0.1, -0.05) is 24.3 Å². The normalized spacial score (nSPS) is 11.1. The minimum absolute atomic E-state index is 0.342. The largest absolute Gasteiger partial charge is 0.478 e. The molecule has 0 atom stereocenters. The van der Waals surface area contributed by atoms with E-state index in [1.165, 1.54) is 6.92 Å². The number of nitrogens with zero attached hydrogens (tertiary/aromatic N) is 1. The molecule has 2 aromatic rings. The molecule has 5 nitrogen and oxygen atoms in total. The van der Waals surface area contributed by atoms with Crippen molar-refractivity contribution >= 4 is 24.2 Å². The molecule has 0 amide bonds. The van der Waals surface area contributed by atoms with Gasteiger partial charge in [-0.2, -0.15) is 0 Å². The number of carboxylic acids is 1. The minimum atomic E-state index is -0.959. The maximum atomic E-state index is 10.9. The van der Waals surface area contributed by atoms with Gasteiger partial charge in [0.25, 0.3) is 0 Å². The summed E-state index contributed by atoms with van der Waals surface area (Å²) in [6, 6.07) is 14.8. The number of carboxylic acid groups (broad SMARTS) is 1. The highest BCUT2D eigenvalue weighted by Gasteiger charge is 1.97. The van der Waals surface area contributed by atoms with Gasteiger partial charge < -0.3 is 9.84 Å². The Hall–Kier alpha value is -3.21. The van der Waals surface area contributed by atoms with Crippen molar-refractivity contribution in [2.75, 3.05) is 6.54 Å². The third kappa shape index (κ3) is 6.83. The first-order chi connectivity index (χ1) is 12.0. The summed E-state index contributed by atoms with van der Waals surface area (Å²) in [5.74, 6) is -0.785. The molecule has 0 aliphatic rings. The molecule has 2 rings (SSSR count). The summed E-state index contributed by atoms with van der Waals surface area (Å²) in [5.41, 5.74) is 2.92. The molecule has 0 unspecified atom stereocenters. The molecule has 1 N–H and O–H groups in total. The number of ether oxygens (including phenoxy) is 1. The van der Waals surface area contributed by atoms with Crippen molar-refractivity contribution in [3.05, 3.63) is 71.3 Å². The molecule has 0 heterocycles. The lowest BCUT2D eigenvalue weighted by Gasteiger charge is -2.01. The maximum absolute atomic E-state index is 10.9. The predicted molar refractivity (Wildman–Crippen MR) is 97.0 cm³/mol. The lowest BCUT2D eigenvalue weighted by Crippen LogP contribution is -2.01. The molecule has 0 radical (unpaired) electrons. The number of esters is 1. The number of aliphatic carboxylic acids is 1. The van der Waals surface area contributed by atoms with E-state index in [4.69, 9.17) is 9.84 Å². The van der Waals surface area contributed by atoms with Crippen molar-refractivity contribution in [3.8, 4) is 5.75 Å². The molecule has 5 heteroatoms. The Bertz CT molecular complexity index is 774. The van der Waals surface area contributed by atoms with Crippen molar-refractivity contribution in [1.82, 2.24) is 0 Å². The highest BCUT2D eigenvalue weighted by atomic mass is 16.5. The van der Waals surface area contributed by atoms with Crippen LogP contribution in [-0.4, -0.2) is 29.8 Å². The van der Waals surface area contributed by atoms with Crippen LogP contribution in [0.15, 0.2) is 59.6 Å². The van der Waals surface area contributed by atoms with Crippen molar-refractivity contribution in [2.45, 2.75) is 13.3 Å². The highest BCUT2D eigenvalue weighted by Crippen LogP contribution is 2.11. The van der Waals surface area contributed by atoms with Crippen LogP contribution in [-0.2, 0) is 16.0 Å². The van der Waals surface area contributed by atoms with Gasteiger partial charge in [0.1, 0.15) is 5.75 Å². The van der Waals surface area contributed by atoms with Crippen LogP contribution in [0, 0.1) is 0 Å². The van der Waals surface area contributed by atoms with E-state index < -0.39 is 5.97 Å². The van der Waals surface area contributed by atoms with E-state index in [0.29, 0.717) is 12.3 Å². The zero-order valence-corrected chi connectivity index (χ0v) is 13.9. The molecular weight excluding hydrogens is 318 g/mol. The molecule has 0 fully saturated rings. The van der Waals surface area contributed by atoms with E-state index in [0.717, 1.165) is 29.2 Å². The fourth-order valence-electron chi connectivity index (χ4n) is 2.11. The Morgan fingerprint density at radius 2 is 1.68 bits per heavy atom. The van der Waals surface area contributed by atoms with Crippen LogP contribution in [0.1, 0.15) is 23.6 Å². The average Bonchev–Trinajstić information content (AvgIpc) is 2.59. The summed E-state index contributed by atoms with van der Waals surface area (Å²) in [4.78, 5) is 25.7. The summed E-state index contributed by atoms with van der Waals surface area (Å²) in [5, 5.41) is 8.60. The van der Waals surface area contributed by atoms with Crippen molar-refractivity contribution in [2.24, 2.45) is 4.99 Å². The Labute approximate surface area is 146 Å². The first-order valence-corrected chi connectivity index (χ1v) is 7.81. The number of aliphatic imine (C=N–C) groups is 1. The van der Waals surface area contributed by atoms with Crippen LogP contribution in [0.5, 0.6) is 5.75 Å². The van der Waals surface area contributed by atoms with Crippen LogP contribution >= 0.6 is 0 Å². The molecule has 0 saturated carbocycles. The van der Waals surface area contributed by atoms with E-state index in [-0.39, 0.29) is 5.97 Å². The second-order valence-corrected chi connectivity index (χ2v) is 5.36. The number of hydrogen-bond donors (Lipinski definition) is 1. The quantitative estimate of drug-likeness (QED) is 0.364. The lowest BCUT2D eigenvalue weighted by molar-refractivity contribution is -0.132. The Kier molecular flexibility index (Phi) is 6.65. The Morgan fingerprint density at radius 3 is 2.28 bits per heavy atom. The van der Waals surface area contributed by atoms with Gasteiger partial charge in [0.2, 0.25) is 0 Å². The van der Waals surface area contributed by atoms with Crippen molar-refractivity contribution < 1.29 is 19.4 Å². The van der Waals surface area contributed by atoms with Crippen molar-refractivity contribution in [1.29, 1.82) is 0 Å². The standard InChI is InChI=1S/C20H19NO4/c1-15(22)25-19-9-6-18(7-10-19)14-21-13-12-17-4-2-16(3-5-17)8-11-20(23)24/h2-11,14H,12-13H2,1H3,(H,23,24). The van der Waals surface area contributed by atoms with Gasteiger partial charge >= 0.3 is 11.9 Å². The summed E-state index contributed by atoms with van der Waals surface area (Å²) in [6.07, 6.45) is 5.25. The van der Waals surface area contributed by atoms with Gasteiger partial charge in [0, 0.05) is 25.8 Å². The second kappa shape index (κ2) is 9.17. The van der Waals surface area contributed by atoms with Crippen LogP contribution in [0.2, 0.25) is 0 Å². The molecule has 128 valence electrons. The van der Waals surface area contributed by atoms with Crippen molar-refractivity contribution in [3.63, 3.8) is 0 Å². The average molecular weight is 337 g/mol. The smallest absolute Gasteiger partial charge is 0.328 e. The Morgan fingerprint density at radius 1 is 1.04 bits per heavy atom. The van der Waals surface area contributed by atoms with Gasteiger partial charge in [-0.05, 0) is 53.5 Å². The first kappa shape index (κ1) is 18.1. The molecule has 0 aliphatic heterocycles. The van der Waals surface area contributed by atoms with Crippen LogP contribution in [0.3, 0.4) is 0 Å². The summed E-state index contributed by atoms with van der Waals surface area (Å²) in [6.45, 7) is 2.01. The number of carbonyl (C=O) groups is 2. The molecule has 0 bridgehead atoms. The van der Waals surface area contributed by atoms with Gasteiger partial charge in [0.05, 0.1) is 0 Å². The van der Waals surface area contributed by atoms with E-state index in [1.807, 2.05) is 36.4 Å². The molecule has 2 aromatic carbocycles. The summed E-state index contributed by atoms with van der Waals surface area (Å²) >= 11 is 0. The fourth-order valence-corrected chi connectivity index (χ4v) is 2.11. The van der Waals surface area contributed by atoms with Gasteiger partial charge in [-0.15, -0.1) is 0 Å². The number of carbonyl (C=O) groups excluding carboxylic acids is 1. The van der Waals surface area contributed by atoms with E-state index >= 15 is 0 Å². The fraction of sp³-hybridized carbons (Fsp3) is 0.150. The lowest BCUT2D eigenvalue weighted by atomic mass is 10.1. The number of benzene rings is 2. The molecule has 0 spiro atoms. The van der Waals surface area contributed by atoms with E-state index in [9.17, 15) is 9.59 Å². The monoisotopic (exact) mass is 337 g/mol. The van der Waals surface area contributed by atoms with Crippen LogP contribution < -0.4 is 4.74 Å². The molecular formula is C20H19NO4. The van der Waals surface area contributed by atoms with Crippen LogP contribution in [0.25, 0.3) is 6.08 Å². The molecule has 0 saturated heterocycles. The Balaban J connectivity index is 1.82. The topological polar surface area (TPSA) is 76.0 Å². The zero-order chi connectivity index (χ0) is 18.1. The third-order valence-corrected chi connectivity index (χ3v) is 3.31. The summed E-state index contributed by atoms with van der Waals surface area (Å²) in [7, 11) is 0. The number of rotatable bonds is 7. The van der Waals surface area contributed by atoms with Crippen LogP contribution in [0.4, 0.5) is 0 Å². The highest BCUT2D eigenvalue weighted by molar-refractivity contribution is 5.85. The third-order valence-electron chi connectivity index (χ3n) is 3.31. The molecule has 25 heavy (non-hydrogen) atoms. The SMILES string of the molecule is CC(=O)Oc1ccc(C=NCCc2ccc(C=CC(=O)O)cc2)cc1. The second-order valence-electron chi connectivity index (χ2n) is 5.36. The molecule has 0 aliphatic carbocycles. The van der Waals surface area contributed by atoms with Gasteiger partial charge in [-0.3, -0.25) is 9.79 Å².